The summed E-state index contributed by atoms with van der Waals surface area (Å²) in [5.74, 6) is 0.433. The van der Waals surface area contributed by atoms with Gasteiger partial charge in [0, 0.05) is 11.4 Å². The Hall–Kier alpha value is -2.54. The third-order valence-electron chi connectivity index (χ3n) is 5.68. The zero-order chi connectivity index (χ0) is 20.9. The summed E-state index contributed by atoms with van der Waals surface area (Å²) in [4.78, 5) is 14.9. The number of hydrogen-bond donors (Lipinski definition) is 3. The second kappa shape index (κ2) is 7.30. The van der Waals surface area contributed by atoms with Crippen molar-refractivity contribution >= 4 is 62.7 Å². The maximum absolute atomic E-state index is 13.0. The number of halogens is 2. The number of hydrogen-bond acceptors (Lipinski definition) is 4. The number of carbonyl (C=O) groups is 1. The molecule has 2 aliphatic rings. The minimum atomic E-state index is -0.541. The van der Waals surface area contributed by atoms with Crippen LogP contribution in [0, 0.1) is 5.41 Å². The molecule has 1 aliphatic heterocycles. The molecule has 30 heavy (non-hydrogen) atoms. The van der Waals surface area contributed by atoms with E-state index in [0.717, 1.165) is 40.3 Å². The molecule has 0 bridgehead atoms. The Morgan fingerprint density at radius 3 is 2.57 bits per heavy atom. The van der Waals surface area contributed by atoms with Crippen LogP contribution in [-0.2, 0) is 10.2 Å². The van der Waals surface area contributed by atoms with E-state index in [1.54, 1.807) is 23.5 Å². The van der Waals surface area contributed by atoms with Gasteiger partial charge in [-0.1, -0.05) is 29.3 Å². The largest absolute Gasteiger partial charge is 0.359 e. The SMILES string of the molecule is N=C1c2ccsc2NCN1c1ccc(NC(=O)C2(c3ccc(Cl)c(Cl)c3)CC2)cc1. The van der Waals surface area contributed by atoms with Crippen molar-refractivity contribution in [3.05, 3.63) is 75.1 Å². The van der Waals surface area contributed by atoms with E-state index in [1.807, 2.05) is 46.7 Å². The highest BCUT2D eigenvalue weighted by Gasteiger charge is 2.51. The van der Waals surface area contributed by atoms with Crippen LogP contribution < -0.4 is 15.5 Å². The molecule has 0 spiro atoms. The molecule has 1 aromatic heterocycles. The Balaban J connectivity index is 1.31. The molecule has 3 aromatic rings. The quantitative estimate of drug-likeness (QED) is 0.454. The van der Waals surface area contributed by atoms with Gasteiger partial charge in [0.05, 0.1) is 27.7 Å². The van der Waals surface area contributed by atoms with Crippen LogP contribution in [0.2, 0.25) is 10.0 Å². The van der Waals surface area contributed by atoms with E-state index in [4.69, 9.17) is 28.6 Å². The van der Waals surface area contributed by atoms with Crippen LogP contribution in [0.1, 0.15) is 24.0 Å². The van der Waals surface area contributed by atoms with Gasteiger partial charge in [-0.05, 0) is 66.2 Å². The third kappa shape index (κ3) is 3.25. The first-order valence-corrected chi connectivity index (χ1v) is 11.2. The van der Waals surface area contributed by atoms with E-state index in [0.29, 0.717) is 22.5 Å². The molecule has 0 unspecified atom stereocenters. The van der Waals surface area contributed by atoms with Crippen molar-refractivity contribution in [2.75, 3.05) is 22.2 Å². The van der Waals surface area contributed by atoms with Crippen LogP contribution in [0.15, 0.2) is 53.9 Å². The van der Waals surface area contributed by atoms with Gasteiger partial charge >= 0.3 is 0 Å². The predicted molar refractivity (Wildman–Crippen MR) is 125 cm³/mol. The fourth-order valence-electron chi connectivity index (χ4n) is 3.77. The maximum Gasteiger partial charge on any atom is 0.235 e. The van der Waals surface area contributed by atoms with Crippen LogP contribution in [-0.4, -0.2) is 18.4 Å². The number of amides is 1. The number of benzene rings is 2. The lowest BCUT2D eigenvalue weighted by molar-refractivity contribution is -0.118. The fourth-order valence-corrected chi connectivity index (χ4v) is 4.85. The lowest BCUT2D eigenvalue weighted by Crippen LogP contribution is -2.39. The van der Waals surface area contributed by atoms with E-state index in [2.05, 4.69) is 10.6 Å². The molecule has 152 valence electrons. The summed E-state index contributed by atoms with van der Waals surface area (Å²) in [5, 5.41) is 18.8. The van der Waals surface area contributed by atoms with Crippen molar-refractivity contribution in [3.8, 4) is 0 Å². The number of carbonyl (C=O) groups excluding carboxylic acids is 1. The standard InChI is InChI=1S/C22H18Cl2N4OS/c23-17-6-1-13(11-18(17)24)22(8-9-22)21(29)27-14-2-4-15(5-3-14)28-12-26-20-16(19(28)25)7-10-30-20/h1-7,10-11,25-26H,8-9,12H2,(H,27,29). The molecule has 8 heteroatoms. The van der Waals surface area contributed by atoms with E-state index in [-0.39, 0.29) is 5.91 Å². The van der Waals surface area contributed by atoms with Crippen molar-refractivity contribution < 1.29 is 4.79 Å². The minimum Gasteiger partial charge on any atom is -0.359 e. The summed E-state index contributed by atoms with van der Waals surface area (Å²) < 4.78 is 0. The Morgan fingerprint density at radius 1 is 1.10 bits per heavy atom. The summed E-state index contributed by atoms with van der Waals surface area (Å²) in [7, 11) is 0. The molecule has 2 heterocycles. The summed E-state index contributed by atoms with van der Waals surface area (Å²) in [6, 6.07) is 14.9. The smallest absolute Gasteiger partial charge is 0.235 e. The lowest BCUT2D eigenvalue weighted by atomic mass is 9.95. The van der Waals surface area contributed by atoms with Crippen molar-refractivity contribution in [3.63, 3.8) is 0 Å². The number of nitrogens with one attached hydrogen (secondary N) is 3. The fraction of sp³-hybridized carbons (Fsp3) is 0.182. The van der Waals surface area contributed by atoms with Crippen LogP contribution in [0.4, 0.5) is 16.4 Å². The van der Waals surface area contributed by atoms with Crippen LogP contribution in [0.25, 0.3) is 0 Å². The molecule has 5 nitrogen and oxygen atoms in total. The normalized spacial score (nSPS) is 16.6. The Labute approximate surface area is 188 Å². The molecule has 0 saturated heterocycles. The van der Waals surface area contributed by atoms with Crippen molar-refractivity contribution in [2.24, 2.45) is 0 Å². The number of rotatable bonds is 4. The van der Waals surface area contributed by atoms with Gasteiger partial charge in [-0.15, -0.1) is 11.3 Å². The number of nitrogens with zero attached hydrogens (tertiary/aromatic N) is 1. The summed E-state index contributed by atoms with van der Waals surface area (Å²) in [6.07, 6.45) is 1.57. The molecule has 1 saturated carbocycles. The first-order valence-electron chi connectivity index (χ1n) is 9.53. The van der Waals surface area contributed by atoms with Gasteiger partial charge in [0.15, 0.2) is 0 Å². The molecule has 2 aromatic carbocycles. The van der Waals surface area contributed by atoms with Crippen molar-refractivity contribution in [2.45, 2.75) is 18.3 Å². The molecule has 0 radical (unpaired) electrons. The molecule has 1 fully saturated rings. The lowest BCUT2D eigenvalue weighted by Gasteiger charge is -2.30. The van der Waals surface area contributed by atoms with Crippen LogP contribution >= 0.6 is 34.5 Å². The van der Waals surface area contributed by atoms with Gasteiger partial charge in [0.2, 0.25) is 5.91 Å². The molecule has 5 rings (SSSR count). The average molecular weight is 457 g/mol. The maximum atomic E-state index is 13.0. The molecule has 3 N–H and O–H groups in total. The number of thiophene rings is 1. The Morgan fingerprint density at radius 2 is 1.87 bits per heavy atom. The average Bonchev–Trinajstić information content (AvgIpc) is 3.42. The summed E-state index contributed by atoms with van der Waals surface area (Å²) >= 11 is 13.8. The second-order valence-electron chi connectivity index (χ2n) is 7.49. The topological polar surface area (TPSA) is 68.2 Å². The molecule has 0 atom stereocenters. The van der Waals surface area contributed by atoms with Gasteiger partial charge in [-0.2, -0.15) is 0 Å². The van der Waals surface area contributed by atoms with Gasteiger partial charge in [0.1, 0.15) is 10.8 Å². The Kier molecular flexibility index (Phi) is 4.73. The minimum absolute atomic E-state index is 0.0380. The van der Waals surface area contributed by atoms with Crippen molar-refractivity contribution in [1.82, 2.24) is 0 Å². The zero-order valence-electron chi connectivity index (χ0n) is 15.8. The van der Waals surface area contributed by atoms with Crippen LogP contribution in [0.5, 0.6) is 0 Å². The first kappa shape index (κ1) is 19.4. The monoisotopic (exact) mass is 456 g/mol. The highest BCUT2D eigenvalue weighted by Crippen LogP contribution is 2.50. The van der Waals surface area contributed by atoms with Crippen molar-refractivity contribution in [1.29, 1.82) is 5.41 Å². The Bertz CT molecular complexity index is 1150. The predicted octanol–water partition coefficient (Wildman–Crippen LogP) is 5.94. The zero-order valence-corrected chi connectivity index (χ0v) is 18.2. The number of amidine groups is 1. The molecule has 1 aliphatic carbocycles. The second-order valence-corrected chi connectivity index (χ2v) is 9.22. The van der Waals surface area contributed by atoms with Crippen LogP contribution in [0.3, 0.4) is 0 Å². The highest BCUT2D eigenvalue weighted by molar-refractivity contribution is 7.14. The van der Waals surface area contributed by atoms with Gasteiger partial charge in [-0.3, -0.25) is 10.2 Å². The number of anilines is 3. The number of fused-ring (bicyclic) bond motifs is 1. The molecular weight excluding hydrogens is 439 g/mol. The van der Waals surface area contributed by atoms with E-state index in [9.17, 15) is 4.79 Å². The molecule has 1 amide bonds. The summed E-state index contributed by atoms with van der Waals surface area (Å²) in [6.45, 7) is 0.540. The van der Waals surface area contributed by atoms with E-state index < -0.39 is 5.41 Å². The van der Waals surface area contributed by atoms with E-state index >= 15 is 0 Å². The van der Waals surface area contributed by atoms with Gasteiger partial charge in [-0.25, -0.2) is 0 Å². The molecular formula is C22H18Cl2N4OS. The van der Waals surface area contributed by atoms with E-state index in [1.165, 1.54) is 0 Å². The highest BCUT2D eigenvalue weighted by atomic mass is 35.5. The van der Waals surface area contributed by atoms with Gasteiger partial charge < -0.3 is 15.5 Å². The summed E-state index contributed by atoms with van der Waals surface area (Å²) in [5.41, 5.74) is 2.88. The third-order valence-corrected chi connectivity index (χ3v) is 7.29. The van der Waals surface area contributed by atoms with Gasteiger partial charge in [0.25, 0.3) is 0 Å². The first-order chi connectivity index (χ1) is 14.5.